The number of ether oxygens (including phenoxy) is 1. The van der Waals surface area contributed by atoms with Crippen LogP contribution in [0.4, 0.5) is 0 Å². The van der Waals surface area contributed by atoms with Crippen LogP contribution in [0.25, 0.3) is 28.6 Å². The SMILES string of the molecule is N=c1c(=Cc2ccc(-c3cccc(C(=O)O)c3)o2)c(=O)nc2s/c(=C/C(=O)N3CCOCC3)[nH]n1-2. The molecule has 0 aliphatic carbocycles. The molecule has 1 aromatic carbocycles. The first-order chi connectivity index (χ1) is 16.9. The van der Waals surface area contributed by atoms with E-state index in [4.69, 9.17) is 14.6 Å². The quantitative estimate of drug-likeness (QED) is 0.361. The number of furan rings is 1. The van der Waals surface area contributed by atoms with Crippen molar-refractivity contribution in [3.8, 4) is 16.5 Å². The first-order valence-electron chi connectivity index (χ1n) is 10.6. The van der Waals surface area contributed by atoms with Crippen LogP contribution in [0.2, 0.25) is 0 Å². The van der Waals surface area contributed by atoms with Gasteiger partial charge >= 0.3 is 5.97 Å². The van der Waals surface area contributed by atoms with E-state index >= 15 is 0 Å². The number of hydrogen-bond acceptors (Lipinski definition) is 8. The van der Waals surface area contributed by atoms with Crippen LogP contribution < -0.4 is 20.9 Å². The van der Waals surface area contributed by atoms with E-state index in [1.165, 1.54) is 29.0 Å². The van der Waals surface area contributed by atoms with Gasteiger partial charge in [-0.3, -0.25) is 20.1 Å². The Morgan fingerprint density at radius 1 is 1.20 bits per heavy atom. The summed E-state index contributed by atoms with van der Waals surface area (Å²) in [5.74, 6) is -0.516. The van der Waals surface area contributed by atoms with Crippen molar-refractivity contribution in [2.24, 2.45) is 0 Å². The lowest BCUT2D eigenvalue weighted by molar-refractivity contribution is -0.128. The van der Waals surface area contributed by atoms with Gasteiger partial charge in [-0.1, -0.05) is 23.5 Å². The van der Waals surface area contributed by atoms with E-state index in [2.05, 4.69) is 10.1 Å². The van der Waals surface area contributed by atoms with Crippen molar-refractivity contribution in [3.63, 3.8) is 0 Å². The van der Waals surface area contributed by atoms with Crippen LogP contribution in [0, 0.1) is 5.41 Å². The monoisotopic (exact) mass is 493 g/mol. The molecule has 0 saturated carbocycles. The third-order valence-electron chi connectivity index (χ3n) is 5.41. The van der Waals surface area contributed by atoms with Gasteiger partial charge in [0.05, 0.1) is 24.0 Å². The summed E-state index contributed by atoms with van der Waals surface area (Å²) in [4.78, 5) is 42.1. The summed E-state index contributed by atoms with van der Waals surface area (Å²) in [5, 5.41) is 20.9. The molecule has 35 heavy (non-hydrogen) atoms. The molecule has 1 saturated heterocycles. The maximum absolute atomic E-state index is 12.6. The number of benzene rings is 1. The molecule has 0 bridgehead atoms. The molecule has 12 heteroatoms. The summed E-state index contributed by atoms with van der Waals surface area (Å²) in [7, 11) is 0. The third kappa shape index (κ3) is 4.56. The number of morpholine rings is 1. The van der Waals surface area contributed by atoms with E-state index in [-0.39, 0.29) is 27.3 Å². The molecule has 3 aliphatic rings. The van der Waals surface area contributed by atoms with Crippen LogP contribution >= 0.6 is 11.3 Å². The van der Waals surface area contributed by atoms with E-state index in [0.717, 1.165) is 11.3 Å². The predicted octanol–water partition coefficient (Wildman–Crippen LogP) is -0.0343. The standard InChI is InChI=1S/C23H19N5O6S/c24-20-16(11-15-4-5-17(34-15)13-2-1-3-14(10-13)22(31)32)21(30)25-23-28(20)26-18(35-23)12-19(29)27-6-8-33-9-7-27/h1-5,10-12,24,26H,6-9H2,(H,31,32)/b16-11?,18-12+,24-20?. The van der Waals surface area contributed by atoms with E-state index in [1.54, 1.807) is 29.2 Å². The van der Waals surface area contributed by atoms with Gasteiger partial charge in [0.15, 0.2) is 5.49 Å². The number of aromatic amines is 1. The van der Waals surface area contributed by atoms with E-state index < -0.39 is 11.5 Å². The van der Waals surface area contributed by atoms with Gasteiger partial charge in [0.2, 0.25) is 11.0 Å². The Labute approximate surface area is 200 Å². The van der Waals surface area contributed by atoms with E-state index in [1.807, 2.05) is 0 Å². The molecule has 5 rings (SSSR count). The molecule has 178 valence electrons. The van der Waals surface area contributed by atoms with Gasteiger partial charge < -0.3 is 19.2 Å². The summed E-state index contributed by atoms with van der Waals surface area (Å²) in [6.45, 7) is 1.98. The molecule has 0 spiro atoms. The third-order valence-corrected chi connectivity index (χ3v) is 6.29. The van der Waals surface area contributed by atoms with Crippen molar-refractivity contribution in [2.45, 2.75) is 0 Å². The van der Waals surface area contributed by atoms with Gasteiger partial charge in [-0.25, -0.2) is 9.48 Å². The highest BCUT2D eigenvalue weighted by Crippen LogP contribution is 2.23. The Hall–Kier alpha value is -4.29. The zero-order valence-corrected chi connectivity index (χ0v) is 19.0. The topological polar surface area (TPSA) is 155 Å². The second-order valence-electron chi connectivity index (χ2n) is 7.69. The number of fused-ring (bicyclic) bond motifs is 1. The number of carboxylic acid groups (broad SMARTS) is 1. The number of amides is 1. The number of carbonyl (C=O) groups is 2. The molecule has 1 amide bonds. The van der Waals surface area contributed by atoms with Gasteiger partial charge in [-0.15, -0.1) is 0 Å². The Kier molecular flexibility index (Phi) is 5.89. The average Bonchev–Trinajstić information content (AvgIpc) is 3.49. The van der Waals surface area contributed by atoms with E-state index in [9.17, 15) is 19.5 Å². The number of carbonyl (C=O) groups excluding carboxylic acids is 1. The maximum Gasteiger partial charge on any atom is 0.335 e. The van der Waals surface area contributed by atoms with Crippen LogP contribution in [0.15, 0.2) is 45.6 Å². The second kappa shape index (κ2) is 9.16. The molecular weight excluding hydrogens is 474 g/mol. The number of nitrogens with zero attached hydrogens (tertiary/aromatic N) is 3. The minimum atomic E-state index is -1.05. The fraction of sp³-hybridized carbons (Fsp3) is 0.174. The molecule has 0 radical (unpaired) electrons. The molecule has 0 atom stereocenters. The summed E-state index contributed by atoms with van der Waals surface area (Å²) in [5.41, 5.74) is -0.0571. The van der Waals surface area contributed by atoms with Crippen LogP contribution in [0.1, 0.15) is 16.1 Å². The Bertz CT molecular complexity index is 1640. The fourth-order valence-corrected chi connectivity index (χ4v) is 4.48. The number of rotatable bonds is 4. The van der Waals surface area contributed by atoms with Gasteiger partial charge in [0.1, 0.15) is 16.2 Å². The number of aromatic carboxylic acids is 1. The van der Waals surface area contributed by atoms with Crippen molar-refractivity contribution >= 4 is 35.4 Å². The number of aromatic nitrogens is 3. The fourth-order valence-electron chi connectivity index (χ4n) is 3.63. The minimum Gasteiger partial charge on any atom is -0.478 e. The molecule has 1 fully saturated rings. The summed E-state index contributed by atoms with van der Waals surface area (Å²) in [6.07, 6.45) is 2.82. The predicted molar refractivity (Wildman–Crippen MR) is 125 cm³/mol. The smallest absolute Gasteiger partial charge is 0.335 e. The number of nitrogens with one attached hydrogen (secondary N) is 2. The number of carboxylic acids is 1. The first-order valence-corrected chi connectivity index (χ1v) is 11.4. The van der Waals surface area contributed by atoms with Gasteiger partial charge in [0.25, 0.3) is 5.56 Å². The maximum atomic E-state index is 12.6. The van der Waals surface area contributed by atoms with Crippen LogP contribution in [-0.2, 0) is 9.53 Å². The summed E-state index contributed by atoms with van der Waals surface area (Å²) >= 11 is 1.09. The lowest BCUT2D eigenvalue weighted by Gasteiger charge is -2.25. The highest BCUT2D eigenvalue weighted by molar-refractivity contribution is 7.11. The van der Waals surface area contributed by atoms with Crippen molar-refractivity contribution in [3.05, 3.63) is 73.4 Å². The van der Waals surface area contributed by atoms with Gasteiger partial charge in [0, 0.05) is 24.7 Å². The normalized spacial score (nSPS) is 15.1. The molecule has 4 heterocycles. The lowest BCUT2D eigenvalue weighted by atomic mass is 10.1. The average molecular weight is 494 g/mol. The molecular formula is C23H19N5O6S. The van der Waals surface area contributed by atoms with Crippen LogP contribution in [-0.4, -0.2) is 63.0 Å². The zero-order chi connectivity index (χ0) is 24.5. The highest BCUT2D eigenvalue weighted by atomic mass is 32.1. The molecule has 1 aromatic heterocycles. The molecule has 0 unspecified atom stereocenters. The van der Waals surface area contributed by atoms with Crippen molar-refractivity contribution in [1.82, 2.24) is 19.7 Å². The lowest BCUT2D eigenvalue weighted by Crippen LogP contribution is -2.47. The second-order valence-corrected chi connectivity index (χ2v) is 8.70. The Morgan fingerprint density at radius 3 is 2.77 bits per heavy atom. The first kappa shape index (κ1) is 22.5. The van der Waals surface area contributed by atoms with E-state index in [0.29, 0.717) is 48.1 Å². The molecule has 3 N–H and O–H groups in total. The minimum absolute atomic E-state index is 0.00259. The summed E-state index contributed by atoms with van der Waals surface area (Å²) in [6, 6.07) is 9.56. The molecule has 3 aliphatic heterocycles. The van der Waals surface area contributed by atoms with Crippen LogP contribution in [0.5, 0.6) is 0 Å². The molecule has 2 aromatic rings. The van der Waals surface area contributed by atoms with Crippen LogP contribution in [0.3, 0.4) is 0 Å². The van der Waals surface area contributed by atoms with Crippen molar-refractivity contribution in [1.29, 1.82) is 5.41 Å². The summed E-state index contributed by atoms with van der Waals surface area (Å²) < 4.78 is 12.8. The Balaban J connectivity index is 1.51. The number of H-pyrrole nitrogens is 1. The van der Waals surface area contributed by atoms with Gasteiger partial charge in [-0.05, 0) is 30.3 Å². The van der Waals surface area contributed by atoms with Gasteiger partial charge in [-0.2, -0.15) is 4.98 Å². The Morgan fingerprint density at radius 2 is 2.00 bits per heavy atom. The van der Waals surface area contributed by atoms with Crippen molar-refractivity contribution < 1.29 is 23.8 Å². The number of hydrogen-bond donors (Lipinski definition) is 3. The highest BCUT2D eigenvalue weighted by Gasteiger charge is 2.16. The molecule has 11 nitrogen and oxygen atoms in total. The zero-order valence-electron chi connectivity index (χ0n) is 18.2. The largest absolute Gasteiger partial charge is 0.478 e. The van der Waals surface area contributed by atoms with Crippen molar-refractivity contribution in [2.75, 3.05) is 26.3 Å².